The van der Waals surface area contributed by atoms with E-state index in [-0.39, 0.29) is 0 Å². The van der Waals surface area contributed by atoms with Crippen molar-refractivity contribution in [1.29, 1.82) is 0 Å². The Bertz CT molecular complexity index is 3650. The zero-order chi connectivity index (χ0) is 37.2. The molecule has 264 valence electrons. The molecule has 0 radical (unpaired) electrons. The van der Waals surface area contributed by atoms with Gasteiger partial charge in [0.2, 0.25) is 5.95 Å². The third-order valence-electron chi connectivity index (χ3n) is 11.7. The molecular formula is C51H29N5O. The molecule has 6 nitrogen and oxygen atoms in total. The molecule has 0 bridgehead atoms. The fraction of sp³-hybridized carbons (Fsp3) is 0. The Morgan fingerprint density at radius 2 is 0.982 bits per heavy atom. The van der Waals surface area contributed by atoms with Gasteiger partial charge in [-0.2, -0.15) is 9.97 Å². The lowest BCUT2D eigenvalue weighted by Crippen LogP contribution is -2.06. The quantitative estimate of drug-likeness (QED) is 0.182. The number of para-hydroxylation sites is 4. The van der Waals surface area contributed by atoms with E-state index in [9.17, 15) is 0 Å². The van der Waals surface area contributed by atoms with Crippen LogP contribution in [0.25, 0.3) is 122 Å². The van der Waals surface area contributed by atoms with Gasteiger partial charge in [0.25, 0.3) is 0 Å². The molecule has 8 aromatic carbocycles. The number of benzene rings is 8. The smallest absolute Gasteiger partial charge is 0.238 e. The second kappa shape index (κ2) is 11.4. The van der Waals surface area contributed by atoms with Crippen molar-refractivity contribution < 1.29 is 4.42 Å². The second-order valence-corrected chi connectivity index (χ2v) is 14.7. The van der Waals surface area contributed by atoms with E-state index in [2.05, 4.69) is 137 Å². The average Bonchev–Trinajstić information content (AvgIpc) is 3.92. The molecular weight excluding hydrogens is 699 g/mol. The molecule has 0 spiro atoms. The maximum absolute atomic E-state index is 6.35. The van der Waals surface area contributed by atoms with Crippen molar-refractivity contribution in [2.24, 2.45) is 0 Å². The first-order valence-corrected chi connectivity index (χ1v) is 19.2. The average molecular weight is 728 g/mol. The number of hydrogen-bond acceptors (Lipinski definition) is 4. The van der Waals surface area contributed by atoms with E-state index in [1.165, 1.54) is 27.6 Å². The lowest BCUT2D eigenvalue weighted by Gasteiger charge is -2.13. The van der Waals surface area contributed by atoms with Gasteiger partial charge in [0, 0.05) is 54.6 Å². The molecule has 0 saturated heterocycles. The van der Waals surface area contributed by atoms with Gasteiger partial charge in [-0.05, 0) is 47.5 Å². The van der Waals surface area contributed by atoms with Crippen molar-refractivity contribution in [3.05, 3.63) is 176 Å². The van der Waals surface area contributed by atoms with Gasteiger partial charge in [-0.1, -0.05) is 140 Å². The molecule has 4 aromatic heterocycles. The van der Waals surface area contributed by atoms with E-state index in [4.69, 9.17) is 19.4 Å². The Kier molecular flexibility index (Phi) is 6.07. The van der Waals surface area contributed by atoms with E-state index in [0.717, 1.165) is 77.0 Å². The number of rotatable bonds is 3. The molecule has 0 N–H and O–H groups in total. The first-order valence-electron chi connectivity index (χ1n) is 19.2. The van der Waals surface area contributed by atoms with E-state index >= 15 is 0 Å². The third-order valence-corrected chi connectivity index (χ3v) is 11.7. The zero-order valence-electron chi connectivity index (χ0n) is 30.4. The summed E-state index contributed by atoms with van der Waals surface area (Å²) in [4.78, 5) is 16.0. The summed E-state index contributed by atoms with van der Waals surface area (Å²) in [5, 5.41) is 6.61. The van der Waals surface area contributed by atoms with E-state index in [1.807, 2.05) is 48.5 Å². The van der Waals surface area contributed by atoms with Gasteiger partial charge in [0.05, 0.1) is 27.8 Å². The minimum Gasteiger partial charge on any atom is -0.456 e. The fourth-order valence-electron chi connectivity index (χ4n) is 9.38. The predicted octanol–water partition coefficient (Wildman–Crippen LogP) is 12.9. The maximum Gasteiger partial charge on any atom is 0.238 e. The topological polar surface area (TPSA) is 61.7 Å². The minimum atomic E-state index is 0.552. The van der Waals surface area contributed by atoms with Crippen LogP contribution in [0.15, 0.2) is 180 Å². The Labute approximate surface area is 325 Å². The largest absolute Gasteiger partial charge is 0.456 e. The second-order valence-electron chi connectivity index (χ2n) is 14.7. The lowest BCUT2D eigenvalue weighted by molar-refractivity contribution is 0.669. The third kappa shape index (κ3) is 4.16. The summed E-state index contributed by atoms with van der Waals surface area (Å²) in [6.07, 6.45) is 0. The van der Waals surface area contributed by atoms with Gasteiger partial charge in [-0.3, -0.25) is 4.57 Å². The van der Waals surface area contributed by atoms with Crippen molar-refractivity contribution >= 4 is 65.6 Å². The van der Waals surface area contributed by atoms with Crippen LogP contribution in [0.3, 0.4) is 0 Å². The zero-order valence-corrected chi connectivity index (χ0v) is 30.4. The number of aromatic nitrogens is 5. The van der Waals surface area contributed by atoms with Gasteiger partial charge in [-0.25, -0.2) is 4.98 Å². The highest BCUT2D eigenvalue weighted by atomic mass is 16.3. The number of fused-ring (bicyclic) bond motifs is 15. The SMILES string of the molecule is c1ccc(-c2nc(-c3cccc4oc5ccccc5c34)nc(-n3c4ccccc4c4cc5c6c(c7ccccc7n6-c6ccccc6-c6ccccc6-5)c43)n2)cc1. The Morgan fingerprint density at radius 3 is 1.82 bits per heavy atom. The first-order chi connectivity index (χ1) is 28.3. The maximum atomic E-state index is 6.35. The van der Waals surface area contributed by atoms with Gasteiger partial charge >= 0.3 is 0 Å². The van der Waals surface area contributed by atoms with Gasteiger partial charge in [-0.15, -0.1) is 0 Å². The van der Waals surface area contributed by atoms with Crippen LogP contribution in [0.4, 0.5) is 0 Å². The molecule has 1 aliphatic rings. The normalized spacial score (nSPS) is 12.2. The summed E-state index contributed by atoms with van der Waals surface area (Å²) in [6, 6.07) is 61.9. The number of hydrogen-bond donors (Lipinski definition) is 0. The van der Waals surface area contributed by atoms with Crippen LogP contribution in [0.1, 0.15) is 0 Å². The standard InChI is InChI=1S/C51H29N5O/c1-2-15-30(16-3-1)49-52-50(37-23-14-28-44-45(37)36-22-9-13-27-43(36)57-44)54-51(53-49)56-41-25-11-7-20-34(41)39-29-38-32-18-5-4-17-31(32)33-19-6-10-24-40(33)55-42-26-12-8-21-35(42)46(47(38)55)48(39)56/h1-29H. The van der Waals surface area contributed by atoms with Crippen LogP contribution >= 0.6 is 0 Å². The van der Waals surface area contributed by atoms with Crippen molar-refractivity contribution in [2.75, 3.05) is 0 Å². The Hall–Kier alpha value is -7.83. The van der Waals surface area contributed by atoms with Gasteiger partial charge in [0.1, 0.15) is 11.2 Å². The van der Waals surface area contributed by atoms with Crippen LogP contribution in [-0.2, 0) is 0 Å². The van der Waals surface area contributed by atoms with Crippen LogP contribution < -0.4 is 0 Å². The highest BCUT2D eigenvalue weighted by Crippen LogP contribution is 2.50. The van der Waals surface area contributed by atoms with E-state index in [1.54, 1.807) is 0 Å². The van der Waals surface area contributed by atoms with Crippen LogP contribution in [0, 0.1) is 0 Å². The number of furan rings is 1. The van der Waals surface area contributed by atoms with Gasteiger partial charge < -0.3 is 8.98 Å². The highest BCUT2D eigenvalue weighted by molar-refractivity contribution is 6.30. The molecule has 13 rings (SSSR count). The summed E-state index contributed by atoms with van der Waals surface area (Å²) in [5.74, 6) is 1.73. The summed E-state index contributed by atoms with van der Waals surface area (Å²) < 4.78 is 11.1. The Morgan fingerprint density at radius 1 is 0.368 bits per heavy atom. The van der Waals surface area contributed by atoms with Crippen molar-refractivity contribution in [3.63, 3.8) is 0 Å². The van der Waals surface area contributed by atoms with Crippen LogP contribution in [0.2, 0.25) is 0 Å². The molecule has 12 aromatic rings. The van der Waals surface area contributed by atoms with Gasteiger partial charge in [0.15, 0.2) is 11.6 Å². The molecule has 0 fully saturated rings. The van der Waals surface area contributed by atoms with Crippen LogP contribution in [-0.4, -0.2) is 24.1 Å². The van der Waals surface area contributed by atoms with E-state index < -0.39 is 0 Å². The highest BCUT2D eigenvalue weighted by Gasteiger charge is 2.29. The Balaban J connectivity index is 1.22. The summed E-state index contributed by atoms with van der Waals surface area (Å²) >= 11 is 0. The summed E-state index contributed by atoms with van der Waals surface area (Å²) in [5.41, 5.74) is 13.8. The summed E-state index contributed by atoms with van der Waals surface area (Å²) in [7, 11) is 0. The van der Waals surface area contributed by atoms with Crippen molar-refractivity contribution in [2.45, 2.75) is 0 Å². The molecule has 5 heterocycles. The monoisotopic (exact) mass is 727 g/mol. The van der Waals surface area contributed by atoms with Crippen molar-refractivity contribution in [1.82, 2.24) is 24.1 Å². The minimum absolute atomic E-state index is 0.552. The molecule has 0 atom stereocenters. The summed E-state index contributed by atoms with van der Waals surface area (Å²) in [6.45, 7) is 0. The van der Waals surface area contributed by atoms with E-state index in [0.29, 0.717) is 17.6 Å². The molecule has 0 amide bonds. The van der Waals surface area contributed by atoms with Crippen LogP contribution in [0.5, 0.6) is 0 Å². The number of nitrogens with zero attached hydrogens (tertiary/aromatic N) is 5. The molecule has 0 unspecified atom stereocenters. The molecule has 57 heavy (non-hydrogen) atoms. The fourth-order valence-corrected chi connectivity index (χ4v) is 9.38. The molecule has 6 heteroatoms. The van der Waals surface area contributed by atoms with Crippen molar-refractivity contribution in [3.8, 4) is 56.7 Å². The first kappa shape index (κ1) is 30.5. The lowest BCUT2D eigenvalue weighted by atomic mass is 9.92. The molecule has 0 saturated carbocycles. The predicted molar refractivity (Wildman–Crippen MR) is 231 cm³/mol. The molecule has 0 aliphatic carbocycles. The molecule has 1 aliphatic heterocycles.